The monoisotopic (exact) mass is 458 g/mol. The largest absolute Gasteiger partial charge is 4.00 e. The Kier molecular flexibility index (Phi) is 10.1. The molecule has 0 aliphatic heterocycles. The zero-order valence-corrected chi connectivity index (χ0v) is 21.3. The van der Waals surface area contributed by atoms with Gasteiger partial charge in [-0.15, -0.1) is 12.8 Å². The Morgan fingerprint density at radius 1 is 0.750 bits per heavy atom. The minimum atomic E-state index is -1.71. The van der Waals surface area contributed by atoms with E-state index in [2.05, 4.69) is 78.9 Å². The average molecular weight is 461 g/mol. The number of hydrogen-bond donors (Lipinski definition) is 0. The van der Waals surface area contributed by atoms with E-state index in [-0.39, 0.29) is 61.8 Å². The van der Waals surface area contributed by atoms with Gasteiger partial charge in [0.25, 0.3) is 0 Å². The number of rotatable bonds is 2. The van der Waals surface area contributed by atoms with Crippen LogP contribution in [0.3, 0.4) is 0 Å². The molecule has 2 aliphatic rings. The topological polar surface area (TPSA) is 0 Å². The molecule has 0 spiro atoms. The Labute approximate surface area is 182 Å². The van der Waals surface area contributed by atoms with Gasteiger partial charge in [-0.1, -0.05) is 65.5 Å². The van der Waals surface area contributed by atoms with Gasteiger partial charge in [0.15, 0.2) is 0 Å². The molecule has 2 aliphatic carbocycles. The smallest absolute Gasteiger partial charge is 1.00 e. The third-order valence-corrected chi connectivity index (χ3v) is 7.97. The maximum atomic E-state index is 3.70. The first-order valence-corrected chi connectivity index (χ1v) is 11.1. The van der Waals surface area contributed by atoms with E-state index in [1.165, 1.54) is 21.5 Å². The van der Waals surface area contributed by atoms with Crippen molar-refractivity contribution in [3.05, 3.63) is 45.8 Å². The molecule has 0 amide bonds. The Bertz CT molecular complexity index is 517. The van der Waals surface area contributed by atoms with E-state index in [1.807, 2.05) is 0 Å². The van der Waals surface area contributed by atoms with E-state index in [1.54, 1.807) is 0 Å². The van der Waals surface area contributed by atoms with E-state index in [4.69, 9.17) is 0 Å². The fourth-order valence-corrected chi connectivity index (χ4v) is 7.15. The molecule has 0 heterocycles. The summed E-state index contributed by atoms with van der Waals surface area (Å²) in [4.78, 5) is 0. The van der Waals surface area contributed by atoms with Crippen molar-refractivity contribution < 1.29 is 51.0 Å². The quantitative estimate of drug-likeness (QED) is 0.402. The van der Waals surface area contributed by atoms with Crippen molar-refractivity contribution in [2.75, 3.05) is 0 Å². The van der Waals surface area contributed by atoms with Gasteiger partial charge in [0.1, 0.15) is 0 Å². The molecule has 0 radical (unpaired) electrons. The standard InChI is InChI=1S/C20H30Si.2ClH.Zr/c1-19(2,3)15-11-9-13-17(15)21(7,8)18-14-10-12-16(18)20(4,5)6;;;/h11-12H,9-10H2,1-8H3;2*1H;/q-2;;;+4/p-2. The minimum absolute atomic E-state index is 0. The molecule has 2 rings (SSSR count). The fraction of sp³-hybridized carbons (Fsp3) is 0.600. The van der Waals surface area contributed by atoms with Gasteiger partial charge in [-0.2, -0.15) is 23.3 Å². The molecular weight excluding hydrogens is 430 g/mol. The maximum Gasteiger partial charge on any atom is 4.00 e. The Balaban J connectivity index is 0. The zero-order valence-electron chi connectivity index (χ0n) is 16.3. The van der Waals surface area contributed by atoms with Crippen LogP contribution < -0.4 is 24.8 Å². The van der Waals surface area contributed by atoms with Crippen molar-refractivity contribution in [2.24, 2.45) is 10.8 Å². The Morgan fingerprint density at radius 2 is 1.04 bits per heavy atom. The second-order valence-electron chi connectivity index (χ2n) is 8.87. The van der Waals surface area contributed by atoms with Crippen LogP contribution in [0.1, 0.15) is 54.4 Å². The molecule has 0 bridgehead atoms. The molecule has 0 aromatic carbocycles. The van der Waals surface area contributed by atoms with Crippen LogP contribution in [0, 0.1) is 23.0 Å². The normalized spacial score (nSPS) is 17.7. The van der Waals surface area contributed by atoms with Crippen molar-refractivity contribution in [2.45, 2.75) is 67.5 Å². The summed E-state index contributed by atoms with van der Waals surface area (Å²) in [5.74, 6) is 0. The first-order valence-electron chi connectivity index (χ1n) is 8.10. The van der Waals surface area contributed by atoms with Gasteiger partial charge in [-0.05, 0) is 0 Å². The molecule has 0 unspecified atom stereocenters. The summed E-state index contributed by atoms with van der Waals surface area (Å²) in [5.41, 5.74) is 3.48. The molecule has 4 heteroatoms. The molecule has 0 aromatic rings. The van der Waals surface area contributed by atoms with Crippen LogP contribution in [0.5, 0.6) is 0 Å². The molecule has 24 heavy (non-hydrogen) atoms. The first-order chi connectivity index (χ1) is 9.45. The summed E-state index contributed by atoms with van der Waals surface area (Å²) in [5, 5.41) is 3.05. The summed E-state index contributed by atoms with van der Waals surface area (Å²) >= 11 is 0. The third-order valence-electron chi connectivity index (χ3n) is 4.57. The summed E-state index contributed by atoms with van der Waals surface area (Å²) in [7, 11) is -1.71. The molecule has 0 fully saturated rings. The fourth-order valence-electron chi connectivity index (χ4n) is 3.51. The van der Waals surface area contributed by atoms with Crippen LogP contribution in [0.2, 0.25) is 13.1 Å². The molecule has 0 N–H and O–H groups in total. The minimum Gasteiger partial charge on any atom is -1.00 e. The van der Waals surface area contributed by atoms with Crippen LogP contribution >= 0.6 is 0 Å². The summed E-state index contributed by atoms with van der Waals surface area (Å²) in [6.07, 6.45) is 14.2. The zero-order chi connectivity index (χ0) is 16.1. The van der Waals surface area contributed by atoms with Crippen molar-refractivity contribution in [3.63, 3.8) is 0 Å². The van der Waals surface area contributed by atoms with Gasteiger partial charge in [0.2, 0.25) is 0 Å². The van der Waals surface area contributed by atoms with E-state index in [0.717, 1.165) is 12.8 Å². The SMILES string of the molecule is CC(C)(C)C1=CC[C-]=C1[Si](C)(C)C1=[C-]CC=C1C(C)(C)C.[Cl-].[Cl-].[Zr+4]. The van der Waals surface area contributed by atoms with Crippen molar-refractivity contribution >= 4 is 8.07 Å². The van der Waals surface area contributed by atoms with Gasteiger partial charge >= 0.3 is 26.2 Å². The molecule has 0 aromatic heterocycles. The third kappa shape index (κ3) is 5.32. The van der Waals surface area contributed by atoms with Crippen LogP contribution in [-0.4, -0.2) is 8.07 Å². The van der Waals surface area contributed by atoms with Gasteiger partial charge in [-0.25, -0.2) is 10.4 Å². The van der Waals surface area contributed by atoms with Crippen LogP contribution in [0.15, 0.2) is 33.7 Å². The van der Waals surface area contributed by atoms with Crippen LogP contribution in [0.25, 0.3) is 0 Å². The molecular formula is C20H30Cl2SiZr. The number of halogens is 2. The van der Waals surface area contributed by atoms with Crippen LogP contribution in [-0.2, 0) is 26.2 Å². The Hall–Kier alpha value is 0.640. The van der Waals surface area contributed by atoms with Gasteiger partial charge in [-0.3, -0.25) is 12.2 Å². The van der Waals surface area contributed by atoms with Crippen molar-refractivity contribution in [1.29, 1.82) is 0 Å². The number of allylic oxidation sites excluding steroid dienone is 8. The summed E-state index contributed by atoms with van der Waals surface area (Å²) in [6, 6.07) is 0. The second kappa shape index (κ2) is 9.03. The second-order valence-corrected chi connectivity index (χ2v) is 13.1. The first kappa shape index (κ1) is 26.9. The van der Waals surface area contributed by atoms with Crippen molar-refractivity contribution in [3.8, 4) is 0 Å². The van der Waals surface area contributed by atoms with E-state index in [0.29, 0.717) is 0 Å². The van der Waals surface area contributed by atoms with E-state index in [9.17, 15) is 0 Å². The molecule has 0 saturated heterocycles. The molecule has 0 saturated carbocycles. The predicted octanol–water partition coefficient (Wildman–Crippen LogP) is -0.00972. The van der Waals surface area contributed by atoms with Gasteiger partial charge in [0.05, 0.1) is 0 Å². The van der Waals surface area contributed by atoms with E-state index < -0.39 is 8.07 Å². The summed E-state index contributed by atoms with van der Waals surface area (Å²) in [6.45, 7) is 18.9. The summed E-state index contributed by atoms with van der Waals surface area (Å²) < 4.78 is 0. The van der Waals surface area contributed by atoms with Crippen LogP contribution in [0.4, 0.5) is 0 Å². The van der Waals surface area contributed by atoms with Gasteiger partial charge < -0.3 is 24.8 Å². The van der Waals surface area contributed by atoms with E-state index >= 15 is 0 Å². The molecule has 0 nitrogen and oxygen atoms in total. The van der Waals surface area contributed by atoms with Crippen molar-refractivity contribution in [1.82, 2.24) is 0 Å². The molecule has 132 valence electrons. The predicted molar refractivity (Wildman–Crippen MR) is 95.3 cm³/mol. The van der Waals surface area contributed by atoms with Gasteiger partial charge in [0, 0.05) is 8.07 Å². The number of hydrogen-bond acceptors (Lipinski definition) is 0. The average Bonchev–Trinajstić information content (AvgIpc) is 2.97. The molecule has 0 atom stereocenters. The Morgan fingerprint density at radius 3 is 1.29 bits per heavy atom. The maximum absolute atomic E-state index is 3.70.